The zero-order valence-electron chi connectivity index (χ0n) is 8.94. The molecule has 0 bridgehead atoms. The third kappa shape index (κ3) is 18.5. The molecule has 0 radical (unpaired) electrons. The minimum atomic E-state index is 0. The van der Waals surface area contributed by atoms with E-state index in [2.05, 4.69) is 0 Å². The maximum atomic E-state index is 5.07. The average Bonchev–Trinajstić information content (AvgIpc) is 1.96. The van der Waals surface area contributed by atoms with Gasteiger partial charge in [-0.3, -0.25) is 0 Å². The molecule has 1 heterocycles. The maximum Gasteiger partial charge on any atom is 1.00 e. The molecule has 0 spiro atoms. The molecule has 1 fully saturated rings. The van der Waals surface area contributed by atoms with Crippen LogP contribution in [0.1, 0.15) is 33.1 Å². The van der Waals surface area contributed by atoms with E-state index < -0.39 is 0 Å². The van der Waals surface area contributed by atoms with Crippen molar-refractivity contribution in [2.24, 2.45) is 0 Å². The molecule has 0 amide bonds. The molecule has 1 aliphatic rings. The van der Waals surface area contributed by atoms with Gasteiger partial charge in [-0.1, -0.05) is 13.8 Å². The molecule has 0 aliphatic carbocycles. The van der Waals surface area contributed by atoms with E-state index >= 15 is 0 Å². The number of ether oxygens (including phenoxy) is 1. The molecule has 66 valence electrons. The fourth-order valence-corrected chi connectivity index (χ4v) is 0.687. The van der Waals surface area contributed by atoms with Crippen molar-refractivity contribution in [3.05, 3.63) is 14.9 Å². The van der Waals surface area contributed by atoms with Crippen molar-refractivity contribution in [1.82, 2.24) is 0 Å². The third-order valence-electron chi connectivity index (χ3n) is 1.08. The number of rotatable bonds is 0. The summed E-state index contributed by atoms with van der Waals surface area (Å²) in [5, 5.41) is 0. The summed E-state index contributed by atoms with van der Waals surface area (Å²) in [6.07, 6.45) is 3.93. The summed E-state index contributed by atoms with van der Waals surface area (Å²) < 4.78 is 5.07. The summed E-state index contributed by atoms with van der Waals surface area (Å²) in [7, 11) is 0. The van der Waals surface area contributed by atoms with E-state index in [1.165, 1.54) is 19.3 Å². The second kappa shape index (κ2) is 22.6. The van der Waals surface area contributed by atoms with Crippen LogP contribution >= 0.6 is 0 Å². The monoisotopic (exact) mass is 185 g/mol. The Hall–Kier alpha value is 1.60. The van der Waals surface area contributed by atoms with Gasteiger partial charge in [-0.25, -0.2) is 0 Å². The van der Waals surface area contributed by atoms with Crippen LogP contribution in [0.25, 0.3) is 0 Å². The summed E-state index contributed by atoms with van der Waals surface area (Å²) >= 11 is 0. The predicted octanol–water partition coefficient (Wildman–Crippen LogP) is 0.118. The van der Waals surface area contributed by atoms with Crippen LogP contribution < -0.4 is 51.4 Å². The second-order valence-corrected chi connectivity index (χ2v) is 1.67. The van der Waals surface area contributed by atoms with Gasteiger partial charge in [0.2, 0.25) is 0 Å². The fourth-order valence-electron chi connectivity index (χ4n) is 0.687. The summed E-state index contributed by atoms with van der Waals surface area (Å²) in [5.74, 6) is 0. The first-order valence-electron chi connectivity index (χ1n) is 3.58. The van der Waals surface area contributed by atoms with Gasteiger partial charge in [-0.15, -0.1) is 0 Å². The molecule has 1 rings (SSSR count). The van der Waals surface area contributed by atoms with Crippen LogP contribution in [0.4, 0.5) is 0 Å². The summed E-state index contributed by atoms with van der Waals surface area (Å²) in [4.78, 5) is 0. The van der Waals surface area contributed by atoms with Crippen LogP contribution in [0.5, 0.6) is 0 Å². The number of hydrogen-bond donors (Lipinski definition) is 0. The van der Waals surface area contributed by atoms with Crippen molar-refractivity contribution >= 4 is 0 Å². The van der Waals surface area contributed by atoms with Crippen molar-refractivity contribution < 1.29 is 56.1 Å². The van der Waals surface area contributed by atoms with Crippen molar-refractivity contribution in [2.45, 2.75) is 33.1 Å². The molecular weight excluding hydrogens is 163 g/mol. The Morgan fingerprint density at radius 1 is 0.818 bits per heavy atom. The molecule has 0 aromatic rings. The number of hydrogen-bond acceptors (Lipinski definition) is 1. The maximum absolute atomic E-state index is 5.07. The van der Waals surface area contributed by atoms with Crippen LogP contribution in [0.3, 0.4) is 0 Å². The molecule has 0 saturated carbocycles. The molecule has 1 aliphatic heterocycles. The first-order chi connectivity index (χ1) is 4.00. The zero-order chi connectivity index (χ0) is 6.24. The van der Waals surface area contributed by atoms with Crippen LogP contribution in [-0.4, -0.2) is 13.2 Å². The van der Waals surface area contributed by atoms with E-state index in [4.69, 9.17) is 4.74 Å². The molecule has 1 nitrogen and oxygen atoms in total. The largest absolute Gasteiger partial charge is 1.00 e. The Morgan fingerprint density at radius 3 is 1.27 bits per heavy atom. The van der Waals surface area contributed by atoms with E-state index in [1.54, 1.807) is 0 Å². The van der Waals surface area contributed by atoms with Gasteiger partial charge in [-0.2, -0.15) is 0 Å². The topological polar surface area (TPSA) is 9.23 Å². The summed E-state index contributed by atoms with van der Waals surface area (Å²) in [6.45, 7) is 6.00. The van der Waals surface area contributed by atoms with Gasteiger partial charge < -0.3 is 19.6 Å². The summed E-state index contributed by atoms with van der Waals surface area (Å²) in [6, 6.07) is 0. The van der Waals surface area contributed by atoms with Crippen LogP contribution in [0.15, 0.2) is 0 Å². The standard InChI is InChI=1S/C5H10O.C2H6.2CH3.K/c1-2-4-6-5-3-1;1-2;;;/h1-5H2;1-2H3;2*1H3;/q;;2*-1;+1. The van der Waals surface area contributed by atoms with Gasteiger partial charge in [-0.05, 0) is 19.3 Å². The Morgan fingerprint density at radius 2 is 1.18 bits per heavy atom. The molecule has 0 unspecified atom stereocenters. The fraction of sp³-hybridized carbons (Fsp3) is 0.778. The van der Waals surface area contributed by atoms with E-state index in [0.717, 1.165) is 13.2 Å². The van der Waals surface area contributed by atoms with Crippen molar-refractivity contribution in [3.63, 3.8) is 0 Å². The summed E-state index contributed by atoms with van der Waals surface area (Å²) in [5.41, 5.74) is 0. The molecule has 1 saturated heterocycles. The van der Waals surface area contributed by atoms with Gasteiger partial charge >= 0.3 is 51.4 Å². The van der Waals surface area contributed by atoms with Crippen molar-refractivity contribution in [2.75, 3.05) is 13.2 Å². The Bertz CT molecular complexity index is 25.0. The Labute approximate surface area is 116 Å². The van der Waals surface area contributed by atoms with E-state index in [9.17, 15) is 0 Å². The predicted molar refractivity (Wildman–Crippen MR) is 48.8 cm³/mol. The minimum absolute atomic E-state index is 0. The Kier molecular flexibility index (Phi) is 47.0. The first kappa shape index (κ1) is 22.9. The Balaban J connectivity index is -0.0000000459. The normalized spacial score (nSPS) is 13.6. The van der Waals surface area contributed by atoms with Gasteiger partial charge in [0.05, 0.1) is 0 Å². The molecule has 0 atom stereocenters. The van der Waals surface area contributed by atoms with Gasteiger partial charge in [0.25, 0.3) is 0 Å². The average molecular weight is 185 g/mol. The third-order valence-corrected chi connectivity index (χ3v) is 1.08. The molecule has 11 heavy (non-hydrogen) atoms. The SMILES string of the molecule is C1CCOCC1.CC.[CH3-].[CH3-].[K+]. The van der Waals surface area contributed by atoms with Crippen LogP contribution in [-0.2, 0) is 4.74 Å². The van der Waals surface area contributed by atoms with E-state index in [-0.39, 0.29) is 66.2 Å². The van der Waals surface area contributed by atoms with Crippen molar-refractivity contribution in [1.29, 1.82) is 0 Å². The van der Waals surface area contributed by atoms with Gasteiger partial charge in [0, 0.05) is 13.2 Å². The molecule has 2 heteroatoms. The molecule has 0 aromatic heterocycles. The quantitative estimate of drug-likeness (QED) is 0.385. The molecule has 0 aromatic carbocycles. The zero-order valence-corrected chi connectivity index (χ0v) is 12.1. The van der Waals surface area contributed by atoms with E-state index in [0.29, 0.717) is 0 Å². The molecule has 0 N–H and O–H groups in total. The van der Waals surface area contributed by atoms with Crippen molar-refractivity contribution in [3.8, 4) is 0 Å². The van der Waals surface area contributed by atoms with E-state index in [1.807, 2.05) is 13.8 Å². The first-order valence-corrected chi connectivity index (χ1v) is 3.58. The second-order valence-electron chi connectivity index (χ2n) is 1.67. The van der Waals surface area contributed by atoms with Crippen LogP contribution in [0, 0.1) is 14.9 Å². The molecular formula is C9H22KO-. The smallest absolute Gasteiger partial charge is 0.381 e. The minimum Gasteiger partial charge on any atom is -0.381 e. The van der Waals surface area contributed by atoms with Gasteiger partial charge in [0.15, 0.2) is 0 Å². The van der Waals surface area contributed by atoms with Gasteiger partial charge in [0.1, 0.15) is 0 Å². The van der Waals surface area contributed by atoms with Crippen LogP contribution in [0.2, 0.25) is 0 Å².